The molecular formula is C13H19N. The van der Waals surface area contributed by atoms with Gasteiger partial charge in [-0.2, -0.15) is 0 Å². The summed E-state index contributed by atoms with van der Waals surface area (Å²) >= 11 is 0. The predicted octanol–water partition coefficient (Wildman–Crippen LogP) is 2.95. The Morgan fingerprint density at radius 2 is 1.93 bits per heavy atom. The lowest BCUT2D eigenvalue weighted by Crippen LogP contribution is -2.20. The van der Waals surface area contributed by atoms with Crippen molar-refractivity contribution in [2.45, 2.75) is 46.1 Å². The van der Waals surface area contributed by atoms with E-state index in [9.17, 15) is 0 Å². The van der Waals surface area contributed by atoms with E-state index in [-0.39, 0.29) is 6.04 Å². The number of aryl methyl sites for hydroxylation is 2. The first kappa shape index (κ1) is 9.72. The summed E-state index contributed by atoms with van der Waals surface area (Å²) in [5.74, 6) is 0. The quantitative estimate of drug-likeness (QED) is 0.667. The minimum Gasteiger partial charge on any atom is -0.324 e. The summed E-state index contributed by atoms with van der Waals surface area (Å²) in [6.07, 6.45) is 3.62. The van der Waals surface area contributed by atoms with Gasteiger partial charge in [-0.25, -0.2) is 0 Å². The van der Waals surface area contributed by atoms with Crippen molar-refractivity contribution in [3.8, 4) is 0 Å². The summed E-state index contributed by atoms with van der Waals surface area (Å²) in [4.78, 5) is 0. The van der Waals surface area contributed by atoms with Crippen LogP contribution in [0.4, 0.5) is 0 Å². The molecule has 0 amide bonds. The fourth-order valence-electron chi connectivity index (χ4n) is 2.65. The number of benzene rings is 1. The van der Waals surface area contributed by atoms with E-state index in [1.54, 1.807) is 0 Å². The van der Waals surface area contributed by atoms with Crippen LogP contribution in [0, 0.1) is 20.8 Å². The van der Waals surface area contributed by atoms with E-state index in [2.05, 4.69) is 26.8 Å². The zero-order valence-corrected chi connectivity index (χ0v) is 9.35. The van der Waals surface area contributed by atoms with Gasteiger partial charge in [0.15, 0.2) is 0 Å². The molecule has 1 nitrogen and oxygen atoms in total. The summed E-state index contributed by atoms with van der Waals surface area (Å²) in [6.45, 7) is 6.60. The smallest absolute Gasteiger partial charge is 0.0300 e. The van der Waals surface area contributed by atoms with Crippen LogP contribution in [0.1, 0.15) is 46.7 Å². The highest BCUT2D eigenvalue weighted by molar-refractivity contribution is 5.47. The van der Waals surface area contributed by atoms with Gasteiger partial charge in [0.1, 0.15) is 0 Å². The second-order valence-corrected chi connectivity index (χ2v) is 4.53. The molecule has 1 heteroatoms. The molecule has 1 aromatic carbocycles. The van der Waals surface area contributed by atoms with Gasteiger partial charge in [-0.1, -0.05) is 6.07 Å². The molecule has 0 aliphatic heterocycles. The third-order valence-electron chi connectivity index (χ3n) is 3.54. The largest absolute Gasteiger partial charge is 0.324 e. The highest BCUT2D eigenvalue weighted by Gasteiger charge is 2.21. The first-order valence-corrected chi connectivity index (χ1v) is 5.46. The molecule has 0 aromatic heterocycles. The predicted molar refractivity (Wildman–Crippen MR) is 60.5 cm³/mol. The highest BCUT2D eigenvalue weighted by Crippen LogP contribution is 2.34. The molecule has 0 saturated carbocycles. The molecule has 1 aliphatic carbocycles. The Labute approximate surface area is 86.3 Å². The van der Waals surface area contributed by atoms with Crippen molar-refractivity contribution in [1.29, 1.82) is 0 Å². The highest BCUT2D eigenvalue weighted by atomic mass is 14.6. The summed E-state index contributed by atoms with van der Waals surface area (Å²) < 4.78 is 0. The molecule has 1 aromatic rings. The summed E-state index contributed by atoms with van der Waals surface area (Å²) in [5.41, 5.74) is 13.4. The fourth-order valence-corrected chi connectivity index (χ4v) is 2.65. The molecule has 0 fully saturated rings. The Morgan fingerprint density at radius 3 is 2.64 bits per heavy atom. The van der Waals surface area contributed by atoms with E-state index < -0.39 is 0 Å². The van der Waals surface area contributed by atoms with Crippen LogP contribution in [0.15, 0.2) is 6.07 Å². The SMILES string of the molecule is Cc1cc(C)c2c(c1C)[C@@H](N)CCC2. The summed E-state index contributed by atoms with van der Waals surface area (Å²) in [7, 11) is 0. The molecule has 0 radical (unpaired) electrons. The molecule has 0 bridgehead atoms. The van der Waals surface area contributed by atoms with E-state index in [0.717, 1.165) is 6.42 Å². The number of nitrogens with two attached hydrogens (primary N) is 1. The summed E-state index contributed by atoms with van der Waals surface area (Å²) in [6, 6.07) is 2.57. The van der Waals surface area contributed by atoms with Crippen LogP contribution in [0.3, 0.4) is 0 Å². The molecular weight excluding hydrogens is 170 g/mol. The minimum absolute atomic E-state index is 0.275. The molecule has 0 unspecified atom stereocenters. The van der Waals surface area contributed by atoms with E-state index in [4.69, 9.17) is 5.73 Å². The van der Waals surface area contributed by atoms with E-state index in [0.29, 0.717) is 0 Å². The average Bonchev–Trinajstić information content (AvgIpc) is 2.14. The van der Waals surface area contributed by atoms with E-state index in [1.165, 1.54) is 40.7 Å². The molecule has 2 rings (SSSR count). The Hall–Kier alpha value is -0.820. The molecule has 0 saturated heterocycles. The van der Waals surface area contributed by atoms with Gasteiger partial charge in [-0.15, -0.1) is 0 Å². The number of rotatable bonds is 0. The molecule has 0 heterocycles. The lowest BCUT2D eigenvalue weighted by Gasteiger charge is -2.27. The minimum atomic E-state index is 0.275. The van der Waals surface area contributed by atoms with Gasteiger partial charge in [0.25, 0.3) is 0 Å². The number of hydrogen-bond donors (Lipinski definition) is 1. The van der Waals surface area contributed by atoms with Crippen molar-refractivity contribution in [3.63, 3.8) is 0 Å². The lowest BCUT2D eigenvalue weighted by atomic mass is 9.81. The summed E-state index contributed by atoms with van der Waals surface area (Å²) in [5, 5.41) is 0. The van der Waals surface area contributed by atoms with E-state index >= 15 is 0 Å². The van der Waals surface area contributed by atoms with Crippen molar-refractivity contribution in [2.75, 3.05) is 0 Å². The molecule has 1 aliphatic rings. The third kappa shape index (κ3) is 1.36. The maximum atomic E-state index is 6.18. The van der Waals surface area contributed by atoms with Crippen LogP contribution in [-0.2, 0) is 6.42 Å². The topological polar surface area (TPSA) is 26.0 Å². The van der Waals surface area contributed by atoms with Crippen LogP contribution in [0.25, 0.3) is 0 Å². The second kappa shape index (κ2) is 3.39. The maximum absolute atomic E-state index is 6.18. The normalized spacial score (nSPS) is 20.7. The first-order chi connectivity index (χ1) is 6.61. The second-order valence-electron chi connectivity index (χ2n) is 4.53. The van der Waals surface area contributed by atoms with Crippen LogP contribution < -0.4 is 5.73 Å². The molecule has 1 atom stereocenters. The first-order valence-electron chi connectivity index (χ1n) is 5.46. The van der Waals surface area contributed by atoms with Crippen molar-refractivity contribution in [1.82, 2.24) is 0 Å². The number of fused-ring (bicyclic) bond motifs is 1. The average molecular weight is 189 g/mol. The molecule has 0 spiro atoms. The van der Waals surface area contributed by atoms with Crippen molar-refractivity contribution < 1.29 is 0 Å². The fraction of sp³-hybridized carbons (Fsp3) is 0.538. The van der Waals surface area contributed by atoms with Crippen LogP contribution >= 0.6 is 0 Å². The Kier molecular flexibility index (Phi) is 2.36. The Morgan fingerprint density at radius 1 is 1.21 bits per heavy atom. The van der Waals surface area contributed by atoms with Crippen LogP contribution in [0.2, 0.25) is 0 Å². The van der Waals surface area contributed by atoms with Crippen molar-refractivity contribution in [3.05, 3.63) is 33.9 Å². The Bertz CT molecular complexity index is 366. The maximum Gasteiger partial charge on any atom is 0.0300 e. The standard InChI is InChI=1S/C13H19N/c1-8-7-9(2)11-5-4-6-12(14)13(11)10(8)3/h7,12H,4-6,14H2,1-3H3/t12-/m0/s1. The van der Waals surface area contributed by atoms with Gasteiger partial charge < -0.3 is 5.73 Å². The van der Waals surface area contributed by atoms with Crippen molar-refractivity contribution >= 4 is 0 Å². The monoisotopic (exact) mass is 189 g/mol. The van der Waals surface area contributed by atoms with Gasteiger partial charge in [-0.3, -0.25) is 0 Å². The van der Waals surface area contributed by atoms with Crippen LogP contribution in [-0.4, -0.2) is 0 Å². The van der Waals surface area contributed by atoms with Crippen LogP contribution in [0.5, 0.6) is 0 Å². The Balaban J connectivity index is 2.67. The molecule has 14 heavy (non-hydrogen) atoms. The van der Waals surface area contributed by atoms with E-state index in [1.807, 2.05) is 0 Å². The zero-order valence-electron chi connectivity index (χ0n) is 9.35. The third-order valence-corrected chi connectivity index (χ3v) is 3.54. The molecule has 2 N–H and O–H groups in total. The number of hydrogen-bond acceptors (Lipinski definition) is 1. The molecule has 76 valence electrons. The van der Waals surface area contributed by atoms with Gasteiger partial charge in [-0.05, 0) is 67.9 Å². The van der Waals surface area contributed by atoms with Gasteiger partial charge in [0.2, 0.25) is 0 Å². The van der Waals surface area contributed by atoms with Gasteiger partial charge in [0, 0.05) is 6.04 Å². The zero-order chi connectivity index (χ0) is 10.3. The van der Waals surface area contributed by atoms with Gasteiger partial charge >= 0.3 is 0 Å². The van der Waals surface area contributed by atoms with Gasteiger partial charge in [0.05, 0.1) is 0 Å². The van der Waals surface area contributed by atoms with Crippen molar-refractivity contribution in [2.24, 2.45) is 5.73 Å². The lowest BCUT2D eigenvalue weighted by molar-refractivity contribution is 0.564.